The maximum absolute atomic E-state index is 11.9. The quantitative estimate of drug-likeness (QED) is 0.691. The van der Waals surface area contributed by atoms with E-state index in [2.05, 4.69) is 10.6 Å². The molecule has 2 aliphatic rings. The zero-order valence-electron chi connectivity index (χ0n) is 10.2. The second-order valence-electron chi connectivity index (χ2n) is 5.07. The fraction of sp³-hybridized carbons (Fsp3) is 0.917. The van der Waals surface area contributed by atoms with Crippen molar-refractivity contribution in [1.82, 2.24) is 10.6 Å². The highest BCUT2D eigenvalue weighted by atomic mass is 35.5. The van der Waals surface area contributed by atoms with E-state index in [0.29, 0.717) is 0 Å². The van der Waals surface area contributed by atoms with Gasteiger partial charge in [0.05, 0.1) is 12.0 Å². The van der Waals surface area contributed by atoms with Crippen molar-refractivity contribution < 1.29 is 9.90 Å². The molecule has 1 aliphatic carbocycles. The number of carbonyl (C=O) groups is 1. The Kier molecular flexibility index (Phi) is 6.23. The third-order valence-corrected chi connectivity index (χ3v) is 3.66. The Hall–Kier alpha value is -0.320. The van der Waals surface area contributed by atoms with Crippen molar-refractivity contribution in [3.63, 3.8) is 0 Å². The standard InChI is InChI=1S/C12H22N2O2.ClH/c15-11-5-1-4-10(7-11)14-12(16)9-3-2-6-13-8-9;/h9-11,13,15H,1-8H2,(H,14,16);1H/t9-,10?,11?;/m1./s1. The molecule has 3 N–H and O–H groups in total. The molecule has 4 nitrogen and oxygen atoms in total. The number of piperidine rings is 1. The average Bonchev–Trinajstić information content (AvgIpc) is 2.30. The lowest BCUT2D eigenvalue weighted by molar-refractivity contribution is -0.126. The molecule has 3 atom stereocenters. The van der Waals surface area contributed by atoms with Gasteiger partial charge in [0, 0.05) is 12.6 Å². The van der Waals surface area contributed by atoms with Crippen LogP contribution < -0.4 is 10.6 Å². The molecule has 0 aromatic heterocycles. The Morgan fingerprint density at radius 3 is 2.71 bits per heavy atom. The Labute approximate surface area is 109 Å². The molecule has 0 aromatic carbocycles. The molecule has 1 saturated heterocycles. The number of aliphatic hydroxyl groups is 1. The van der Waals surface area contributed by atoms with E-state index < -0.39 is 0 Å². The Balaban J connectivity index is 0.00000144. The minimum atomic E-state index is -0.219. The Morgan fingerprint density at radius 1 is 1.24 bits per heavy atom. The van der Waals surface area contributed by atoms with Crippen LogP contribution >= 0.6 is 12.4 Å². The van der Waals surface area contributed by atoms with Crippen molar-refractivity contribution in [1.29, 1.82) is 0 Å². The van der Waals surface area contributed by atoms with Crippen LogP contribution in [0.2, 0.25) is 0 Å². The lowest BCUT2D eigenvalue weighted by atomic mass is 9.91. The molecule has 1 saturated carbocycles. The summed E-state index contributed by atoms with van der Waals surface area (Å²) in [6.07, 6.45) is 5.52. The molecule has 0 bridgehead atoms. The van der Waals surface area contributed by atoms with Crippen molar-refractivity contribution in [2.75, 3.05) is 13.1 Å². The van der Waals surface area contributed by atoms with Gasteiger partial charge in [-0.1, -0.05) is 0 Å². The number of nitrogens with one attached hydrogen (secondary N) is 2. The van der Waals surface area contributed by atoms with Crippen LogP contribution in [0.4, 0.5) is 0 Å². The van der Waals surface area contributed by atoms with Crippen molar-refractivity contribution >= 4 is 18.3 Å². The van der Waals surface area contributed by atoms with Gasteiger partial charge in [-0.15, -0.1) is 12.4 Å². The van der Waals surface area contributed by atoms with Crippen LogP contribution in [-0.4, -0.2) is 36.2 Å². The van der Waals surface area contributed by atoms with Gasteiger partial charge in [-0.05, 0) is 45.1 Å². The normalized spacial score (nSPS) is 33.6. The number of hydrogen-bond acceptors (Lipinski definition) is 3. The third kappa shape index (κ3) is 4.45. The van der Waals surface area contributed by atoms with Gasteiger partial charge in [-0.25, -0.2) is 0 Å². The average molecular weight is 263 g/mol. The van der Waals surface area contributed by atoms with Crippen LogP contribution in [0.1, 0.15) is 38.5 Å². The largest absolute Gasteiger partial charge is 0.393 e. The smallest absolute Gasteiger partial charge is 0.224 e. The lowest BCUT2D eigenvalue weighted by Crippen LogP contribution is -2.46. The number of carbonyl (C=O) groups excluding carboxylic acids is 1. The first-order valence-electron chi connectivity index (χ1n) is 6.45. The predicted molar refractivity (Wildman–Crippen MR) is 69.2 cm³/mol. The number of aliphatic hydroxyl groups excluding tert-OH is 1. The fourth-order valence-corrected chi connectivity index (χ4v) is 2.69. The molecule has 0 aromatic rings. The second-order valence-corrected chi connectivity index (χ2v) is 5.07. The summed E-state index contributed by atoms with van der Waals surface area (Å²) in [5.74, 6) is 0.305. The van der Waals surface area contributed by atoms with Gasteiger partial charge < -0.3 is 15.7 Å². The van der Waals surface area contributed by atoms with Crippen molar-refractivity contribution in [2.45, 2.75) is 50.7 Å². The highest BCUT2D eigenvalue weighted by molar-refractivity contribution is 5.85. The van der Waals surface area contributed by atoms with E-state index in [1.54, 1.807) is 0 Å². The SMILES string of the molecule is Cl.O=C(NC1CCCC(O)C1)[C@@H]1CCCNC1. The van der Waals surface area contributed by atoms with Crippen molar-refractivity contribution in [3.05, 3.63) is 0 Å². The summed E-state index contributed by atoms with van der Waals surface area (Å²) < 4.78 is 0. The number of amides is 1. The third-order valence-electron chi connectivity index (χ3n) is 3.66. The molecule has 100 valence electrons. The van der Waals surface area contributed by atoms with Crippen LogP contribution in [0.15, 0.2) is 0 Å². The highest BCUT2D eigenvalue weighted by Crippen LogP contribution is 2.19. The van der Waals surface area contributed by atoms with Gasteiger partial charge in [0.1, 0.15) is 0 Å². The monoisotopic (exact) mass is 262 g/mol. The summed E-state index contributed by atoms with van der Waals surface area (Å²) in [5.41, 5.74) is 0. The Bertz CT molecular complexity index is 245. The predicted octanol–water partition coefficient (Wildman–Crippen LogP) is 0.827. The molecule has 0 spiro atoms. The molecular weight excluding hydrogens is 240 g/mol. The molecule has 1 aliphatic heterocycles. The van der Waals surface area contributed by atoms with E-state index in [1.807, 2.05) is 0 Å². The summed E-state index contributed by atoms with van der Waals surface area (Å²) in [6, 6.07) is 0.193. The number of halogens is 1. The number of hydrogen-bond donors (Lipinski definition) is 3. The maximum Gasteiger partial charge on any atom is 0.224 e. The molecule has 1 amide bonds. The molecule has 2 fully saturated rings. The minimum absolute atomic E-state index is 0. The van der Waals surface area contributed by atoms with Gasteiger partial charge in [0.2, 0.25) is 5.91 Å². The van der Waals surface area contributed by atoms with Gasteiger partial charge in [0.25, 0.3) is 0 Å². The minimum Gasteiger partial charge on any atom is -0.393 e. The summed E-state index contributed by atoms with van der Waals surface area (Å²) in [6.45, 7) is 1.84. The Morgan fingerprint density at radius 2 is 2.06 bits per heavy atom. The van der Waals surface area contributed by atoms with E-state index in [1.165, 1.54) is 0 Å². The van der Waals surface area contributed by atoms with Crippen LogP contribution in [0.3, 0.4) is 0 Å². The van der Waals surface area contributed by atoms with E-state index in [4.69, 9.17) is 0 Å². The lowest BCUT2D eigenvalue weighted by Gasteiger charge is -2.29. The van der Waals surface area contributed by atoms with Crippen LogP contribution in [0.25, 0.3) is 0 Å². The molecule has 5 heteroatoms. The molecular formula is C12H23ClN2O2. The maximum atomic E-state index is 11.9. The van der Waals surface area contributed by atoms with Gasteiger partial charge in [-0.2, -0.15) is 0 Å². The van der Waals surface area contributed by atoms with Crippen molar-refractivity contribution in [2.24, 2.45) is 5.92 Å². The molecule has 17 heavy (non-hydrogen) atoms. The summed E-state index contributed by atoms with van der Waals surface area (Å²) in [7, 11) is 0. The fourth-order valence-electron chi connectivity index (χ4n) is 2.69. The van der Waals surface area contributed by atoms with Gasteiger partial charge >= 0.3 is 0 Å². The molecule has 0 radical (unpaired) electrons. The highest BCUT2D eigenvalue weighted by Gasteiger charge is 2.26. The van der Waals surface area contributed by atoms with Crippen LogP contribution in [0.5, 0.6) is 0 Å². The van der Waals surface area contributed by atoms with E-state index >= 15 is 0 Å². The van der Waals surface area contributed by atoms with Crippen LogP contribution in [0, 0.1) is 5.92 Å². The van der Waals surface area contributed by atoms with E-state index in [0.717, 1.165) is 51.6 Å². The van der Waals surface area contributed by atoms with Gasteiger partial charge in [-0.3, -0.25) is 4.79 Å². The number of rotatable bonds is 2. The summed E-state index contributed by atoms with van der Waals surface area (Å²) in [4.78, 5) is 11.9. The van der Waals surface area contributed by atoms with Crippen molar-refractivity contribution in [3.8, 4) is 0 Å². The van der Waals surface area contributed by atoms with Gasteiger partial charge in [0.15, 0.2) is 0 Å². The molecule has 2 rings (SSSR count). The summed E-state index contributed by atoms with van der Waals surface area (Å²) >= 11 is 0. The second kappa shape index (κ2) is 7.19. The first-order chi connectivity index (χ1) is 7.75. The first kappa shape index (κ1) is 14.7. The summed E-state index contributed by atoms with van der Waals surface area (Å²) in [5, 5.41) is 15.9. The first-order valence-corrected chi connectivity index (χ1v) is 6.45. The molecule has 2 unspecified atom stereocenters. The zero-order valence-corrected chi connectivity index (χ0v) is 11.0. The zero-order chi connectivity index (χ0) is 11.4. The van der Waals surface area contributed by atoms with E-state index in [-0.39, 0.29) is 36.4 Å². The van der Waals surface area contributed by atoms with Crippen LogP contribution in [-0.2, 0) is 4.79 Å². The topological polar surface area (TPSA) is 61.4 Å². The molecule has 1 heterocycles. The van der Waals surface area contributed by atoms with E-state index in [9.17, 15) is 9.90 Å².